The first-order valence-electron chi connectivity index (χ1n) is 6.76. The van der Waals surface area contributed by atoms with Crippen molar-refractivity contribution in [2.24, 2.45) is 0 Å². The van der Waals surface area contributed by atoms with E-state index in [-0.39, 0.29) is 11.9 Å². The molecule has 0 aliphatic carbocycles. The van der Waals surface area contributed by atoms with Crippen LogP contribution in [0.3, 0.4) is 0 Å². The van der Waals surface area contributed by atoms with E-state index in [0.717, 1.165) is 12.3 Å². The summed E-state index contributed by atoms with van der Waals surface area (Å²) in [5, 5.41) is 2.93. The molecule has 3 nitrogen and oxygen atoms in total. The lowest BCUT2D eigenvalue weighted by Crippen LogP contribution is -2.39. The number of likely N-dealkylation sites (N-methyl/N-ethyl adjacent to an activating group) is 1. The number of thioether (sulfide) groups is 1. The maximum atomic E-state index is 11.7. The molecule has 1 aromatic rings. The van der Waals surface area contributed by atoms with Gasteiger partial charge in [-0.05, 0) is 32.5 Å². The van der Waals surface area contributed by atoms with Crippen LogP contribution in [0.15, 0.2) is 29.2 Å². The molecule has 1 aliphatic rings. The van der Waals surface area contributed by atoms with Crippen molar-refractivity contribution in [3.63, 3.8) is 0 Å². The van der Waals surface area contributed by atoms with Crippen molar-refractivity contribution in [2.75, 3.05) is 25.9 Å². The molecule has 2 rings (SSSR count). The molecule has 0 fully saturated rings. The van der Waals surface area contributed by atoms with Crippen molar-refractivity contribution < 1.29 is 4.79 Å². The summed E-state index contributed by atoms with van der Waals surface area (Å²) in [6.07, 6.45) is 0. The minimum Gasteiger partial charge on any atom is -0.353 e. The molecule has 4 heteroatoms. The van der Waals surface area contributed by atoms with Gasteiger partial charge in [0.05, 0.1) is 6.54 Å². The molecular formula is C15H22N2OS. The summed E-state index contributed by atoms with van der Waals surface area (Å²) < 4.78 is 0. The van der Waals surface area contributed by atoms with Crippen LogP contribution in [0.1, 0.15) is 25.3 Å². The number of fused-ring (bicyclic) bond motifs is 1. The predicted octanol–water partition coefficient (Wildman–Crippen LogP) is 2.33. The lowest BCUT2D eigenvalue weighted by Gasteiger charge is -2.21. The third kappa shape index (κ3) is 3.98. The molecule has 0 saturated carbocycles. The van der Waals surface area contributed by atoms with E-state index in [2.05, 4.69) is 34.5 Å². The molecule has 0 aromatic heterocycles. The Morgan fingerprint density at radius 1 is 1.47 bits per heavy atom. The average molecular weight is 278 g/mol. The lowest BCUT2D eigenvalue weighted by atomic mass is 10.0. The number of carbonyl (C=O) groups is 1. The van der Waals surface area contributed by atoms with Crippen molar-refractivity contribution in [1.29, 1.82) is 0 Å². The normalized spacial score (nSPS) is 17.8. The van der Waals surface area contributed by atoms with Gasteiger partial charge in [0.15, 0.2) is 0 Å². The molecule has 1 aliphatic heterocycles. The van der Waals surface area contributed by atoms with E-state index < -0.39 is 0 Å². The number of nitrogens with zero attached hydrogens (tertiary/aromatic N) is 1. The van der Waals surface area contributed by atoms with Crippen LogP contribution >= 0.6 is 11.8 Å². The Kier molecular flexibility index (Phi) is 4.88. The highest BCUT2D eigenvalue weighted by Gasteiger charge is 2.24. The van der Waals surface area contributed by atoms with Gasteiger partial charge in [0, 0.05) is 29.2 Å². The number of hydrogen-bond acceptors (Lipinski definition) is 3. The quantitative estimate of drug-likeness (QED) is 0.897. The Morgan fingerprint density at radius 3 is 2.95 bits per heavy atom. The molecule has 1 atom stereocenters. The Morgan fingerprint density at radius 2 is 2.21 bits per heavy atom. The summed E-state index contributed by atoms with van der Waals surface area (Å²) in [6.45, 7) is 5.39. The second kappa shape index (κ2) is 6.44. The SMILES string of the molecule is CC(C)NC(=O)CN(C)CC1CSc2ccccc21. The molecule has 0 saturated heterocycles. The van der Waals surface area contributed by atoms with Crippen LogP contribution in [-0.4, -0.2) is 42.7 Å². The van der Waals surface area contributed by atoms with Gasteiger partial charge in [-0.1, -0.05) is 18.2 Å². The minimum absolute atomic E-state index is 0.108. The number of carbonyl (C=O) groups excluding carboxylic acids is 1. The van der Waals surface area contributed by atoms with Crippen molar-refractivity contribution in [3.8, 4) is 0 Å². The van der Waals surface area contributed by atoms with Crippen molar-refractivity contribution in [2.45, 2.75) is 30.7 Å². The number of amides is 1. The summed E-state index contributed by atoms with van der Waals surface area (Å²) in [5.41, 5.74) is 1.43. The van der Waals surface area contributed by atoms with E-state index >= 15 is 0 Å². The molecule has 0 spiro atoms. The lowest BCUT2D eigenvalue weighted by molar-refractivity contribution is -0.122. The average Bonchev–Trinajstić information content (AvgIpc) is 2.71. The largest absolute Gasteiger partial charge is 0.353 e. The van der Waals surface area contributed by atoms with Crippen molar-refractivity contribution >= 4 is 17.7 Å². The maximum Gasteiger partial charge on any atom is 0.234 e. The first kappa shape index (κ1) is 14.4. The number of hydrogen-bond donors (Lipinski definition) is 1. The number of rotatable bonds is 5. The Labute approximate surface area is 119 Å². The van der Waals surface area contributed by atoms with E-state index in [1.807, 2.05) is 32.7 Å². The molecule has 0 bridgehead atoms. The third-order valence-electron chi connectivity index (χ3n) is 3.19. The summed E-state index contributed by atoms with van der Waals surface area (Å²) >= 11 is 1.92. The topological polar surface area (TPSA) is 32.3 Å². The zero-order valence-electron chi connectivity index (χ0n) is 11.8. The van der Waals surface area contributed by atoms with Crippen LogP contribution in [0.25, 0.3) is 0 Å². The third-order valence-corrected chi connectivity index (χ3v) is 4.45. The zero-order chi connectivity index (χ0) is 13.8. The Balaban J connectivity index is 1.87. The first-order valence-corrected chi connectivity index (χ1v) is 7.74. The van der Waals surface area contributed by atoms with Gasteiger partial charge in [-0.25, -0.2) is 0 Å². The van der Waals surface area contributed by atoms with Gasteiger partial charge in [-0.2, -0.15) is 0 Å². The van der Waals surface area contributed by atoms with E-state index in [1.165, 1.54) is 10.5 Å². The summed E-state index contributed by atoms with van der Waals surface area (Å²) in [6, 6.07) is 8.80. The van der Waals surface area contributed by atoms with Crippen molar-refractivity contribution in [3.05, 3.63) is 29.8 Å². The number of benzene rings is 1. The molecule has 1 aromatic carbocycles. The highest BCUT2D eigenvalue weighted by molar-refractivity contribution is 7.99. The Bertz CT molecular complexity index is 448. The van der Waals surface area contributed by atoms with Crippen LogP contribution in [0.4, 0.5) is 0 Å². The molecule has 1 heterocycles. The molecule has 104 valence electrons. The van der Waals surface area contributed by atoms with E-state index in [4.69, 9.17) is 0 Å². The first-order chi connectivity index (χ1) is 9.06. The van der Waals surface area contributed by atoms with E-state index in [9.17, 15) is 4.79 Å². The fourth-order valence-corrected chi connectivity index (χ4v) is 3.68. The minimum atomic E-state index is 0.108. The van der Waals surface area contributed by atoms with Gasteiger partial charge in [0.1, 0.15) is 0 Å². The van der Waals surface area contributed by atoms with Gasteiger partial charge < -0.3 is 5.32 Å². The fraction of sp³-hybridized carbons (Fsp3) is 0.533. The maximum absolute atomic E-state index is 11.7. The van der Waals surface area contributed by atoms with Gasteiger partial charge >= 0.3 is 0 Å². The van der Waals surface area contributed by atoms with Crippen LogP contribution in [0.5, 0.6) is 0 Å². The molecular weight excluding hydrogens is 256 g/mol. The molecule has 0 radical (unpaired) electrons. The van der Waals surface area contributed by atoms with Crippen LogP contribution in [0.2, 0.25) is 0 Å². The van der Waals surface area contributed by atoms with Gasteiger partial charge in [0.2, 0.25) is 5.91 Å². The summed E-state index contributed by atoms with van der Waals surface area (Å²) in [4.78, 5) is 15.2. The van der Waals surface area contributed by atoms with Gasteiger partial charge in [0.25, 0.3) is 0 Å². The number of nitrogens with one attached hydrogen (secondary N) is 1. The van der Waals surface area contributed by atoms with Crippen LogP contribution in [-0.2, 0) is 4.79 Å². The smallest absolute Gasteiger partial charge is 0.234 e. The van der Waals surface area contributed by atoms with E-state index in [1.54, 1.807) is 0 Å². The van der Waals surface area contributed by atoms with Gasteiger partial charge in [-0.3, -0.25) is 9.69 Å². The molecule has 1 unspecified atom stereocenters. The zero-order valence-corrected chi connectivity index (χ0v) is 12.7. The predicted molar refractivity (Wildman–Crippen MR) is 80.7 cm³/mol. The van der Waals surface area contributed by atoms with E-state index in [0.29, 0.717) is 12.5 Å². The second-order valence-corrected chi connectivity index (χ2v) is 6.53. The summed E-state index contributed by atoms with van der Waals surface area (Å²) in [7, 11) is 2.02. The molecule has 19 heavy (non-hydrogen) atoms. The molecule has 1 N–H and O–H groups in total. The Hall–Kier alpha value is -1.00. The van der Waals surface area contributed by atoms with Crippen LogP contribution < -0.4 is 5.32 Å². The fourth-order valence-electron chi connectivity index (χ4n) is 2.43. The highest BCUT2D eigenvalue weighted by Crippen LogP contribution is 2.39. The second-order valence-electron chi connectivity index (χ2n) is 5.46. The standard InChI is InChI=1S/C15H22N2OS/c1-11(2)16-15(18)9-17(3)8-12-10-19-14-7-5-4-6-13(12)14/h4-7,11-12H,8-10H2,1-3H3,(H,16,18). The highest BCUT2D eigenvalue weighted by atomic mass is 32.2. The molecule has 1 amide bonds. The summed E-state index contributed by atoms with van der Waals surface area (Å²) in [5.74, 6) is 1.77. The monoisotopic (exact) mass is 278 g/mol. The van der Waals surface area contributed by atoms with Crippen LogP contribution in [0, 0.1) is 0 Å². The van der Waals surface area contributed by atoms with Gasteiger partial charge in [-0.15, -0.1) is 11.8 Å². The van der Waals surface area contributed by atoms with Crippen molar-refractivity contribution in [1.82, 2.24) is 10.2 Å².